The van der Waals surface area contributed by atoms with Crippen molar-refractivity contribution in [3.63, 3.8) is 0 Å². The van der Waals surface area contributed by atoms with Gasteiger partial charge in [-0.15, -0.1) is 0 Å². The number of aliphatic hydroxyl groups excluding tert-OH is 1. The minimum Gasteiger partial charge on any atom is -0.497 e. The Balaban J connectivity index is 1.16. The lowest BCUT2D eigenvalue weighted by atomic mass is 10.1. The van der Waals surface area contributed by atoms with Gasteiger partial charge in [-0.05, 0) is 59.7 Å². The lowest BCUT2D eigenvalue weighted by Crippen LogP contribution is -2.48. The van der Waals surface area contributed by atoms with E-state index in [1.165, 1.54) is 10.3 Å². The Labute approximate surface area is 232 Å². The zero-order valence-corrected chi connectivity index (χ0v) is 22.8. The van der Waals surface area contributed by atoms with E-state index in [9.17, 15) is 14.7 Å². The number of aliphatic hydroxyl groups is 1. The van der Waals surface area contributed by atoms with Crippen molar-refractivity contribution in [1.29, 1.82) is 0 Å². The number of aromatic amines is 1. The summed E-state index contributed by atoms with van der Waals surface area (Å²) in [6, 6.07) is 20.4. The number of hydrogen-bond acceptors (Lipinski definition) is 8. The summed E-state index contributed by atoms with van der Waals surface area (Å²) in [6.07, 6.45) is -0.921. The van der Waals surface area contributed by atoms with Gasteiger partial charge >= 0.3 is 5.69 Å². The summed E-state index contributed by atoms with van der Waals surface area (Å²) in [6.45, 7) is 5.28. The van der Waals surface area contributed by atoms with E-state index >= 15 is 0 Å². The molecular formula is C30H35N5O5. The largest absolute Gasteiger partial charge is 0.497 e. The van der Waals surface area contributed by atoms with Crippen LogP contribution in [0.1, 0.15) is 17.4 Å². The van der Waals surface area contributed by atoms with Crippen molar-refractivity contribution in [3.8, 4) is 11.5 Å². The van der Waals surface area contributed by atoms with Crippen molar-refractivity contribution in [2.24, 2.45) is 0 Å². The number of nitrogens with zero attached hydrogens (tertiary/aromatic N) is 3. The van der Waals surface area contributed by atoms with Gasteiger partial charge in [0.25, 0.3) is 5.56 Å². The molecule has 0 radical (unpaired) electrons. The van der Waals surface area contributed by atoms with E-state index in [4.69, 9.17) is 9.47 Å². The molecule has 1 unspecified atom stereocenters. The fourth-order valence-electron chi connectivity index (χ4n) is 5.00. The molecule has 1 aliphatic rings. The number of H-pyrrole nitrogens is 1. The van der Waals surface area contributed by atoms with Gasteiger partial charge in [0.15, 0.2) is 0 Å². The number of hydrogen-bond donors (Lipinski definition) is 3. The smallest absolute Gasteiger partial charge is 0.329 e. The highest BCUT2D eigenvalue weighted by Gasteiger charge is 2.18. The molecular weight excluding hydrogens is 510 g/mol. The third kappa shape index (κ3) is 6.20. The molecule has 10 nitrogen and oxygen atoms in total. The minimum atomic E-state index is -0.921. The van der Waals surface area contributed by atoms with Crippen LogP contribution in [0.4, 0.5) is 5.69 Å². The summed E-state index contributed by atoms with van der Waals surface area (Å²) < 4.78 is 11.6. The molecule has 0 amide bonds. The molecule has 1 aliphatic heterocycles. The van der Waals surface area contributed by atoms with Crippen LogP contribution in [0.3, 0.4) is 0 Å². The topological polar surface area (TPSA) is 112 Å². The number of benzene rings is 3. The fraction of sp³-hybridized carbons (Fsp3) is 0.333. The zero-order valence-electron chi connectivity index (χ0n) is 22.8. The number of nitrogens with one attached hydrogen (secondary N) is 2. The Morgan fingerprint density at radius 3 is 2.20 bits per heavy atom. The van der Waals surface area contributed by atoms with E-state index < -0.39 is 11.9 Å². The van der Waals surface area contributed by atoms with Gasteiger partial charge in [-0.25, -0.2) is 4.79 Å². The average Bonchev–Trinajstić information content (AvgIpc) is 2.99. The summed E-state index contributed by atoms with van der Waals surface area (Å²) in [7, 11) is 3.25. The van der Waals surface area contributed by atoms with Crippen molar-refractivity contribution in [3.05, 3.63) is 98.7 Å². The van der Waals surface area contributed by atoms with E-state index in [2.05, 4.69) is 32.2 Å². The first-order valence-electron chi connectivity index (χ1n) is 13.4. The molecule has 0 aliphatic carbocycles. The van der Waals surface area contributed by atoms with Gasteiger partial charge in [0.05, 0.1) is 31.7 Å². The molecule has 10 heteroatoms. The summed E-state index contributed by atoms with van der Waals surface area (Å²) in [4.78, 5) is 33.3. The van der Waals surface area contributed by atoms with Crippen LogP contribution in [0.2, 0.25) is 0 Å². The van der Waals surface area contributed by atoms with Crippen LogP contribution in [0.15, 0.2) is 76.3 Å². The first-order valence-corrected chi connectivity index (χ1v) is 13.4. The first kappa shape index (κ1) is 27.4. The Kier molecular flexibility index (Phi) is 8.49. The summed E-state index contributed by atoms with van der Waals surface area (Å²) in [5, 5.41) is 14.3. The summed E-state index contributed by atoms with van der Waals surface area (Å²) in [5.74, 6) is 1.56. The average molecular weight is 546 g/mol. The van der Waals surface area contributed by atoms with Crippen molar-refractivity contribution < 1.29 is 14.6 Å². The molecule has 40 heavy (non-hydrogen) atoms. The zero-order chi connectivity index (χ0) is 28.1. The maximum atomic E-state index is 13.1. The van der Waals surface area contributed by atoms with E-state index in [1.807, 2.05) is 24.3 Å². The maximum Gasteiger partial charge on any atom is 0.329 e. The second-order valence-corrected chi connectivity index (χ2v) is 9.86. The highest BCUT2D eigenvalue weighted by molar-refractivity contribution is 5.78. The van der Waals surface area contributed by atoms with Gasteiger partial charge < -0.3 is 24.5 Å². The molecule has 210 valence electrons. The van der Waals surface area contributed by atoms with Crippen LogP contribution in [-0.2, 0) is 6.54 Å². The van der Waals surface area contributed by atoms with Crippen LogP contribution >= 0.6 is 0 Å². The molecule has 2 heterocycles. The second-order valence-electron chi connectivity index (χ2n) is 9.86. The Morgan fingerprint density at radius 2 is 1.55 bits per heavy atom. The molecule has 1 saturated heterocycles. The number of fused-ring (bicyclic) bond motifs is 1. The number of methoxy groups -OCH3 is 2. The van der Waals surface area contributed by atoms with Crippen molar-refractivity contribution >= 4 is 16.6 Å². The van der Waals surface area contributed by atoms with E-state index in [-0.39, 0.29) is 12.1 Å². The lowest BCUT2D eigenvalue weighted by Gasteiger charge is -2.36. The SMILES string of the molecule is COc1ccc(Cn2c(=O)[nH]c3cc(C(O)NCCN4CCN(c5ccc(OC)cc5)CC4)ccc3c2=O)cc1. The summed E-state index contributed by atoms with van der Waals surface area (Å²) in [5.41, 5.74) is 2.11. The Hall–Kier alpha value is -4.12. The van der Waals surface area contributed by atoms with Crippen molar-refractivity contribution in [2.45, 2.75) is 12.8 Å². The van der Waals surface area contributed by atoms with Crippen LogP contribution in [0.25, 0.3) is 10.9 Å². The standard InChI is InChI=1S/C30H35N5O5/c1-39-24-8-3-21(4-9-24)20-35-29(37)26-12-5-22(19-27(26)32-30(35)38)28(36)31-13-14-33-15-17-34(18-16-33)23-6-10-25(40-2)11-7-23/h3-12,19,28,31,36H,13-18,20H2,1-2H3,(H,32,38). The van der Waals surface area contributed by atoms with Crippen LogP contribution in [-0.4, -0.2) is 73.0 Å². The third-order valence-corrected chi connectivity index (χ3v) is 7.40. The molecule has 1 fully saturated rings. The van der Waals surface area contributed by atoms with Crippen molar-refractivity contribution in [1.82, 2.24) is 19.8 Å². The van der Waals surface area contributed by atoms with Crippen molar-refractivity contribution in [2.75, 3.05) is 58.4 Å². The summed E-state index contributed by atoms with van der Waals surface area (Å²) >= 11 is 0. The number of ether oxygens (including phenoxy) is 2. The van der Waals surface area contributed by atoms with Gasteiger partial charge in [-0.2, -0.15) is 0 Å². The predicted molar refractivity (Wildman–Crippen MR) is 156 cm³/mol. The number of rotatable bonds is 10. The Bertz CT molecular complexity index is 1540. The highest BCUT2D eigenvalue weighted by atomic mass is 16.5. The monoisotopic (exact) mass is 545 g/mol. The van der Waals surface area contributed by atoms with Crippen LogP contribution < -0.4 is 30.9 Å². The number of anilines is 1. The third-order valence-electron chi connectivity index (χ3n) is 7.40. The number of aromatic nitrogens is 2. The van der Waals surface area contributed by atoms with Gasteiger partial charge in [0.2, 0.25) is 0 Å². The Morgan fingerprint density at radius 1 is 0.900 bits per heavy atom. The predicted octanol–water partition coefficient (Wildman–Crippen LogP) is 2.16. The molecule has 0 bridgehead atoms. The first-order chi connectivity index (χ1) is 19.4. The number of piperazine rings is 1. The molecule has 3 N–H and O–H groups in total. The van der Waals surface area contributed by atoms with Gasteiger partial charge in [0.1, 0.15) is 17.7 Å². The molecule has 0 spiro atoms. The quantitative estimate of drug-likeness (QED) is 0.260. The van der Waals surface area contributed by atoms with Gasteiger partial charge in [-0.1, -0.05) is 18.2 Å². The maximum absolute atomic E-state index is 13.1. The van der Waals surface area contributed by atoms with E-state index in [1.54, 1.807) is 44.6 Å². The molecule has 5 rings (SSSR count). The molecule has 4 aromatic rings. The second kappa shape index (κ2) is 12.4. The normalized spacial score (nSPS) is 14.8. The van der Waals surface area contributed by atoms with Crippen LogP contribution in [0.5, 0.6) is 11.5 Å². The van der Waals surface area contributed by atoms with E-state index in [0.29, 0.717) is 28.8 Å². The fourth-order valence-corrected chi connectivity index (χ4v) is 5.00. The van der Waals surface area contributed by atoms with E-state index in [0.717, 1.165) is 44.0 Å². The lowest BCUT2D eigenvalue weighted by molar-refractivity contribution is 0.131. The molecule has 0 saturated carbocycles. The van der Waals surface area contributed by atoms with Gasteiger partial charge in [-0.3, -0.25) is 19.6 Å². The molecule has 1 aromatic heterocycles. The molecule has 3 aromatic carbocycles. The van der Waals surface area contributed by atoms with Crippen LogP contribution in [0, 0.1) is 0 Å². The molecule has 1 atom stereocenters. The van der Waals surface area contributed by atoms with Gasteiger partial charge in [0, 0.05) is 45.0 Å². The minimum absolute atomic E-state index is 0.147. The highest BCUT2D eigenvalue weighted by Crippen LogP contribution is 2.21.